The van der Waals surface area contributed by atoms with Crippen LogP contribution in [0.5, 0.6) is 0 Å². The molecule has 0 aromatic carbocycles. The zero-order valence-corrected chi connectivity index (χ0v) is 18.9. The molecule has 0 saturated carbocycles. The minimum Gasteiger partial charge on any atom is -0.480 e. The van der Waals surface area contributed by atoms with Crippen LogP contribution >= 0.6 is 11.8 Å². The summed E-state index contributed by atoms with van der Waals surface area (Å²) < 4.78 is 0. The molecular formula is C19H37N5O5S. The van der Waals surface area contributed by atoms with Crippen LogP contribution in [0.2, 0.25) is 0 Å². The fourth-order valence-corrected chi connectivity index (χ4v) is 3.10. The molecule has 10 nitrogen and oxygen atoms in total. The number of thioether (sulfide) groups is 1. The smallest absolute Gasteiger partial charge is 0.326 e. The molecule has 4 atom stereocenters. The second-order valence-corrected chi connectivity index (χ2v) is 8.21. The number of carbonyl (C=O) groups excluding carboxylic acids is 3. The summed E-state index contributed by atoms with van der Waals surface area (Å²) in [7, 11) is 0. The standard InChI is InChI=1S/C19H37N5O5S/c1-4-12(2)16(24-17(26)13(21)8-10-30-3)18(27)22-11-15(25)23-14(19(28)29)7-5-6-9-20/h12-14,16H,4-11,20-21H2,1-3H3,(H,22,27)(H,23,25)(H,24,26)(H,28,29). The van der Waals surface area contributed by atoms with Gasteiger partial charge in [0.05, 0.1) is 12.6 Å². The number of amides is 3. The van der Waals surface area contributed by atoms with E-state index in [9.17, 15) is 24.3 Å². The maximum Gasteiger partial charge on any atom is 0.326 e. The average Bonchev–Trinajstić information content (AvgIpc) is 2.72. The molecule has 4 unspecified atom stereocenters. The molecule has 0 aromatic rings. The third-order valence-electron chi connectivity index (χ3n) is 4.77. The van der Waals surface area contributed by atoms with Gasteiger partial charge in [-0.15, -0.1) is 0 Å². The predicted octanol–water partition coefficient (Wildman–Crippen LogP) is -0.588. The first-order valence-corrected chi connectivity index (χ1v) is 11.6. The van der Waals surface area contributed by atoms with Gasteiger partial charge in [0.15, 0.2) is 0 Å². The number of nitrogens with two attached hydrogens (primary N) is 2. The van der Waals surface area contributed by atoms with E-state index in [0.717, 1.165) is 5.75 Å². The molecule has 0 spiro atoms. The molecule has 8 N–H and O–H groups in total. The molecule has 11 heteroatoms. The number of hydrogen-bond acceptors (Lipinski definition) is 7. The molecule has 0 saturated heterocycles. The van der Waals surface area contributed by atoms with Crippen molar-refractivity contribution >= 4 is 35.5 Å². The minimum atomic E-state index is -1.14. The second kappa shape index (κ2) is 15.9. The van der Waals surface area contributed by atoms with Crippen LogP contribution in [0.1, 0.15) is 46.0 Å². The lowest BCUT2D eigenvalue weighted by Gasteiger charge is -2.25. The molecule has 0 radical (unpaired) electrons. The van der Waals surface area contributed by atoms with Gasteiger partial charge in [0.1, 0.15) is 12.1 Å². The van der Waals surface area contributed by atoms with Crippen LogP contribution in [0.4, 0.5) is 0 Å². The predicted molar refractivity (Wildman–Crippen MR) is 118 cm³/mol. The van der Waals surface area contributed by atoms with Crippen molar-refractivity contribution in [1.82, 2.24) is 16.0 Å². The topological polar surface area (TPSA) is 177 Å². The Morgan fingerprint density at radius 1 is 1.07 bits per heavy atom. The number of carboxylic acid groups (broad SMARTS) is 1. The maximum absolute atomic E-state index is 12.6. The van der Waals surface area contributed by atoms with Crippen LogP contribution in [0.3, 0.4) is 0 Å². The van der Waals surface area contributed by atoms with Gasteiger partial charge in [-0.2, -0.15) is 11.8 Å². The lowest BCUT2D eigenvalue weighted by Crippen LogP contribution is -2.55. The van der Waals surface area contributed by atoms with E-state index in [4.69, 9.17) is 11.5 Å². The van der Waals surface area contributed by atoms with E-state index in [0.29, 0.717) is 32.2 Å². The van der Waals surface area contributed by atoms with Crippen molar-refractivity contribution in [3.63, 3.8) is 0 Å². The van der Waals surface area contributed by atoms with Gasteiger partial charge >= 0.3 is 5.97 Å². The first kappa shape index (κ1) is 28.1. The number of aliphatic carboxylic acids is 1. The Balaban J connectivity index is 4.78. The number of hydrogen-bond donors (Lipinski definition) is 6. The molecule has 0 rings (SSSR count). The van der Waals surface area contributed by atoms with Crippen LogP contribution in [-0.2, 0) is 19.2 Å². The normalized spacial score (nSPS) is 14.8. The zero-order chi connectivity index (χ0) is 23.1. The second-order valence-electron chi connectivity index (χ2n) is 7.22. The van der Waals surface area contributed by atoms with E-state index in [1.54, 1.807) is 11.8 Å². The first-order chi connectivity index (χ1) is 14.2. The van der Waals surface area contributed by atoms with Crippen molar-refractivity contribution in [2.24, 2.45) is 17.4 Å². The fourth-order valence-electron chi connectivity index (χ4n) is 2.61. The van der Waals surface area contributed by atoms with Crippen molar-refractivity contribution in [3.8, 4) is 0 Å². The van der Waals surface area contributed by atoms with E-state index in [1.165, 1.54) is 0 Å². The summed E-state index contributed by atoms with van der Waals surface area (Å²) in [5.74, 6) is -2.14. The van der Waals surface area contributed by atoms with Gasteiger partial charge in [-0.3, -0.25) is 14.4 Å². The summed E-state index contributed by atoms with van der Waals surface area (Å²) in [5, 5.41) is 16.7. The van der Waals surface area contributed by atoms with Crippen molar-refractivity contribution < 1.29 is 24.3 Å². The van der Waals surface area contributed by atoms with Crippen LogP contribution in [-0.4, -0.2) is 72.0 Å². The third-order valence-corrected chi connectivity index (χ3v) is 5.41. The first-order valence-electron chi connectivity index (χ1n) is 10.2. The Kier molecular flexibility index (Phi) is 14.9. The van der Waals surface area contributed by atoms with E-state index in [1.807, 2.05) is 20.1 Å². The minimum absolute atomic E-state index is 0.173. The highest BCUT2D eigenvalue weighted by Gasteiger charge is 2.28. The van der Waals surface area contributed by atoms with Gasteiger partial charge in [0.2, 0.25) is 17.7 Å². The number of carbonyl (C=O) groups is 4. The third kappa shape index (κ3) is 11.4. The summed E-state index contributed by atoms with van der Waals surface area (Å²) in [6, 6.07) is -2.60. The zero-order valence-electron chi connectivity index (χ0n) is 18.1. The molecule has 0 aliphatic heterocycles. The van der Waals surface area contributed by atoms with Gasteiger partial charge in [0, 0.05) is 0 Å². The van der Waals surface area contributed by atoms with Crippen molar-refractivity contribution in [2.75, 3.05) is 25.1 Å². The molecule has 3 amide bonds. The molecule has 0 aliphatic rings. The van der Waals surface area contributed by atoms with Gasteiger partial charge in [-0.25, -0.2) is 4.79 Å². The molecule has 0 aliphatic carbocycles. The quantitative estimate of drug-likeness (QED) is 0.170. The summed E-state index contributed by atoms with van der Waals surface area (Å²) in [6.07, 6.45) is 4.52. The van der Waals surface area contributed by atoms with Gasteiger partial charge in [-0.05, 0) is 50.2 Å². The SMILES string of the molecule is CCC(C)C(NC(=O)C(N)CCSC)C(=O)NCC(=O)NC(CCCCN)C(=O)O. The largest absolute Gasteiger partial charge is 0.480 e. The highest BCUT2D eigenvalue weighted by atomic mass is 32.2. The van der Waals surface area contributed by atoms with Crippen molar-refractivity contribution in [2.45, 2.75) is 64.1 Å². The Morgan fingerprint density at radius 3 is 2.27 bits per heavy atom. The van der Waals surface area contributed by atoms with Crippen LogP contribution < -0.4 is 27.4 Å². The monoisotopic (exact) mass is 447 g/mol. The fraction of sp³-hybridized carbons (Fsp3) is 0.789. The number of carboxylic acids is 1. The summed E-state index contributed by atoms with van der Waals surface area (Å²) >= 11 is 1.58. The molecule has 0 bridgehead atoms. The van der Waals surface area contributed by atoms with Crippen molar-refractivity contribution in [1.29, 1.82) is 0 Å². The lowest BCUT2D eigenvalue weighted by molar-refractivity contribution is -0.142. The summed E-state index contributed by atoms with van der Waals surface area (Å²) in [5.41, 5.74) is 11.3. The van der Waals surface area contributed by atoms with Gasteiger partial charge in [0.25, 0.3) is 0 Å². The lowest BCUT2D eigenvalue weighted by atomic mass is 9.97. The van der Waals surface area contributed by atoms with Crippen LogP contribution in [0.25, 0.3) is 0 Å². The van der Waals surface area contributed by atoms with Crippen molar-refractivity contribution in [3.05, 3.63) is 0 Å². The number of nitrogens with one attached hydrogen (secondary N) is 3. The molecule has 0 fully saturated rings. The Hall–Kier alpha value is -1.85. The summed E-state index contributed by atoms with van der Waals surface area (Å²) in [4.78, 5) is 48.2. The number of rotatable bonds is 16. The average molecular weight is 448 g/mol. The number of unbranched alkanes of at least 4 members (excludes halogenated alkanes) is 1. The van der Waals surface area contributed by atoms with E-state index < -0.39 is 41.8 Å². The highest BCUT2D eigenvalue weighted by molar-refractivity contribution is 7.98. The van der Waals surface area contributed by atoms with Crippen LogP contribution in [0, 0.1) is 5.92 Å². The molecule has 30 heavy (non-hydrogen) atoms. The molecular weight excluding hydrogens is 410 g/mol. The van der Waals surface area contributed by atoms with Crippen LogP contribution in [0.15, 0.2) is 0 Å². The molecule has 174 valence electrons. The van der Waals surface area contributed by atoms with E-state index >= 15 is 0 Å². The van der Waals surface area contributed by atoms with Gasteiger partial charge < -0.3 is 32.5 Å². The summed E-state index contributed by atoms with van der Waals surface area (Å²) in [6.45, 7) is 3.76. The molecule has 0 aromatic heterocycles. The highest BCUT2D eigenvalue weighted by Crippen LogP contribution is 2.09. The maximum atomic E-state index is 12.6. The Morgan fingerprint density at radius 2 is 1.73 bits per heavy atom. The van der Waals surface area contributed by atoms with Gasteiger partial charge in [-0.1, -0.05) is 20.3 Å². The van der Waals surface area contributed by atoms with E-state index in [2.05, 4.69) is 16.0 Å². The van der Waals surface area contributed by atoms with E-state index in [-0.39, 0.29) is 18.9 Å². The Labute approximate surface area is 182 Å². The Bertz CT molecular complexity index is 563. The molecule has 0 heterocycles.